The fraction of sp³-hybridized carbons (Fsp3) is 0.818. The van der Waals surface area contributed by atoms with Gasteiger partial charge in [0, 0.05) is 44.6 Å². The number of esters is 2. The number of carbonyl (C=O) groups is 6. The van der Waals surface area contributed by atoms with Crippen LogP contribution in [0.15, 0.2) is 24.3 Å². The van der Waals surface area contributed by atoms with Crippen molar-refractivity contribution in [3.8, 4) is 0 Å². The van der Waals surface area contributed by atoms with Crippen molar-refractivity contribution in [3.05, 3.63) is 24.3 Å². The second-order valence-electron chi connectivity index (χ2n) is 22.8. The van der Waals surface area contributed by atoms with Crippen molar-refractivity contribution >= 4 is 43.8 Å². The predicted molar refractivity (Wildman–Crippen MR) is 293 cm³/mol. The molecule has 0 saturated carbocycles. The van der Waals surface area contributed by atoms with Crippen LogP contribution in [0.5, 0.6) is 0 Å². The normalized spacial score (nSPS) is 16.7. The number of unbranched alkanes of at least 4 members (excludes halogenated alkanes) is 1. The molecule has 0 aliphatic rings. The zero-order chi connectivity index (χ0) is 57.7. The number of carbonyl (C=O) groups excluding carboxylic acids is 6. The number of rotatable bonds is 36. The molecule has 436 valence electrons. The number of allylic oxidation sites excluding steroid dienone is 4. The maximum absolute atomic E-state index is 13.2. The van der Waals surface area contributed by atoms with Gasteiger partial charge in [-0.05, 0) is 116 Å². The van der Waals surface area contributed by atoms with Crippen molar-refractivity contribution in [1.82, 2.24) is 26.2 Å². The Hall–Kier alpha value is -4.03. The molecule has 20 heteroatoms. The van der Waals surface area contributed by atoms with Crippen molar-refractivity contribution in [2.75, 3.05) is 65.6 Å². The summed E-state index contributed by atoms with van der Waals surface area (Å²) in [6, 6.07) is 0. The van der Waals surface area contributed by atoms with Gasteiger partial charge in [-0.1, -0.05) is 107 Å². The van der Waals surface area contributed by atoms with Crippen LogP contribution in [0.25, 0.3) is 0 Å². The molecule has 0 fully saturated rings. The number of amides is 4. The van der Waals surface area contributed by atoms with Crippen LogP contribution >= 0.6 is 7.82 Å². The number of phosphoric ester groups is 1. The fourth-order valence-corrected chi connectivity index (χ4v) is 7.34. The quantitative estimate of drug-likeness (QED) is 0.0129. The maximum atomic E-state index is 13.2. The van der Waals surface area contributed by atoms with Gasteiger partial charge in [0.1, 0.15) is 30.5 Å². The fourth-order valence-electron chi connectivity index (χ4n) is 6.46. The van der Waals surface area contributed by atoms with Crippen LogP contribution in [-0.2, 0) is 51.7 Å². The van der Waals surface area contributed by atoms with E-state index >= 15 is 0 Å². The van der Waals surface area contributed by atoms with Crippen molar-refractivity contribution in [2.24, 2.45) is 59.2 Å². The summed E-state index contributed by atoms with van der Waals surface area (Å²) >= 11 is 0. The first kappa shape index (κ1) is 71.0. The predicted octanol–water partition coefficient (Wildman–Crippen LogP) is 9.23. The Kier molecular flexibility index (Phi) is 34.2. The minimum Gasteiger partial charge on any atom is -0.463 e. The van der Waals surface area contributed by atoms with Crippen LogP contribution in [-0.4, -0.2) is 129 Å². The minimum absolute atomic E-state index is 0.169. The lowest BCUT2D eigenvalue weighted by atomic mass is 9.91. The summed E-state index contributed by atoms with van der Waals surface area (Å²) in [7, 11) is -4.87. The molecule has 0 aromatic heterocycles. The molecule has 0 aliphatic carbocycles. The average molecular weight is 1090 g/mol. The standard InChI is InChI=1S/C55H102N5O14P/c1-37(2)39(5)23-25-41(7)43(9)50(63)69-35-47(36-70-51(64)44(10)42(8)26-24-40(6)38(3)4)74-75(67,68)71-34-31-58-49(62)46(12)45(11)48(61)57-30-22-33-60(53(66)73-55(16,17)18)32-20-19-27-56-28-21-29-59-52(65)72-54(13,14)15/h23-26,37-47,56H,19-22,27-36H2,1-18H3,(H,57,61)(H,58,62)(H,59,65)(H,67,68)/b25-23-,26-24-. The second kappa shape index (κ2) is 36.1. The highest BCUT2D eigenvalue weighted by Gasteiger charge is 2.32. The second-order valence-corrected chi connectivity index (χ2v) is 24.2. The first-order chi connectivity index (χ1) is 34.7. The SMILES string of the molecule is CC(C)C(C)/C=C\C(C)C(C)C(=O)OCC(COC(=O)C(C)C(C)/C=C\C(C)C(C)C)OP(=O)(O)OCCNC(=O)C(C)C(C)C(=O)NCCCN(CCCCNCCCNC(=O)OC(C)(C)C)C(=O)OC(C)(C)C. The van der Waals surface area contributed by atoms with Crippen LogP contribution in [0, 0.1) is 59.2 Å². The molecule has 9 atom stereocenters. The van der Waals surface area contributed by atoms with E-state index in [0.717, 1.165) is 19.4 Å². The third-order valence-corrected chi connectivity index (χ3v) is 14.1. The number of nitrogens with zero attached hydrogens (tertiary/aromatic N) is 1. The van der Waals surface area contributed by atoms with E-state index in [1.807, 2.05) is 46.8 Å². The number of phosphoric acid groups is 1. The van der Waals surface area contributed by atoms with Gasteiger partial charge in [0.25, 0.3) is 0 Å². The first-order valence-corrected chi connectivity index (χ1v) is 28.7. The van der Waals surface area contributed by atoms with Crippen molar-refractivity contribution in [3.63, 3.8) is 0 Å². The molecule has 19 nitrogen and oxygen atoms in total. The summed E-state index contributed by atoms with van der Waals surface area (Å²) in [6.45, 7) is 35.2. The lowest BCUT2D eigenvalue weighted by Gasteiger charge is -2.27. The van der Waals surface area contributed by atoms with Gasteiger partial charge in [0.05, 0.1) is 18.4 Å². The smallest absolute Gasteiger partial charge is 0.463 e. The van der Waals surface area contributed by atoms with Gasteiger partial charge in [0.15, 0.2) is 0 Å². The molecular weight excluding hydrogens is 986 g/mol. The lowest BCUT2D eigenvalue weighted by Crippen LogP contribution is -2.42. The van der Waals surface area contributed by atoms with Gasteiger partial charge in [-0.3, -0.25) is 28.2 Å². The Balaban J connectivity index is 5.32. The third-order valence-electron chi connectivity index (χ3n) is 13.0. The Morgan fingerprint density at radius 3 is 1.43 bits per heavy atom. The van der Waals surface area contributed by atoms with E-state index in [1.54, 1.807) is 53.4 Å². The average Bonchev–Trinajstić information content (AvgIpc) is 3.31. The minimum atomic E-state index is -4.87. The van der Waals surface area contributed by atoms with Gasteiger partial charge >= 0.3 is 31.9 Å². The molecule has 0 heterocycles. The molecule has 0 aromatic rings. The van der Waals surface area contributed by atoms with E-state index in [9.17, 15) is 38.2 Å². The zero-order valence-electron chi connectivity index (χ0n) is 49.2. The summed E-state index contributed by atoms with van der Waals surface area (Å²) in [5.41, 5.74) is -1.24. The first-order valence-electron chi connectivity index (χ1n) is 27.2. The molecule has 0 rings (SSSR count). The van der Waals surface area contributed by atoms with Gasteiger partial charge in [-0.15, -0.1) is 0 Å². The molecule has 0 spiro atoms. The summed E-state index contributed by atoms with van der Waals surface area (Å²) < 4.78 is 45.7. The van der Waals surface area contributed by atoms with Crippen LogP contribution in [0.1, 0.15) is 150 Å². The lowest BCUT2D eigenvalue weighted by molar-refractivity contribution is -0.157. The zero-order valence-corrected chi connectivity index (χ0v) is 50.1. The van der Waals surface area contributed by atoms with Crippen LogP contribution in [0.4, 0.5) is 9.59 Å². The van der Waals surface area contributed by atoms with Crippen molar-refractivity contribution in [2.45, 2.75) is 168 Å². The monoisotopic (exact) mass is 1090 g/mol. The van der Waals surface area contributed by atoms with E-state index in [4.69, 9.17) is 28.0 Å². The highest BCUT2D eigenvalue weighted by atomic mass is 31.2. The summed E-state index contributed by atoms with van der Waals surface area (Å²) in [6.07, 6.45) is 8.47. The van der Waals surface area contributed by atoms with Gasteiger partial charge in [-0.2, -0.15) is 0 Å². The summed E-state index contributed by atoms with van der Waals surface area (Å²) in [5, 5.41) is 11.5. The molecule has 0 bridgehead atoms. The molecule has 5 N–H and O–H groups in total. The molecule has 0 aromatic carbocycles. The largest absolute Gasteiger partial charge is 0.472 e. The molecule has 0 aliphatic heterocycles. The highest BCUT2D eigenvalue weighted by Crippen LogP contribution is 2.44. The maximum Gasteiger partial charge on any atom is 0.472 e. The molecule has 75 heavy (non-hydrogen) atoms. The summed E-state index contributed by atoms with van der Waals surface area (Å²) in [4.78, 5) is 89.7. The molecular formula is C55H102N5O14P. The number of hydrogen-bond acceptors (Lipinski definition) is 14. The Bertz CT molecular complexity index is 1760. The van der Waals surface area contributed by atoms with Crippen molar-refractivity contribution < 1.29 is 66.2 Å². The number of hydrogen-bond donors (Lipinski definition) is 5. The van der Waals surface area contributed by atoms with Crippen LogP contribution in [0.3, 0.4) is 0 Å². The van der Waals surface area contributed by atoms with Crippen LogP contribution in [0.2, 0.25) is 0 Å². The number of ether oxygens (including phenoxy) is 4. The van der Waals surface area contributed by atoms with E-state index < -0.39 is 98.7 Å². The summed E-state index contributed by atoms with van der Waals surface area (Å²) in [5.74, 6) is -3.53. The molecule has 4 amide bonds. The molecule has 9 unspecified atom stereocenters. The highest BCUT2D eigenvalue weighted by molar-refractivity contribution is 7.47. The molecule has 0 saturated heterocycles. The van der Waals surface area contributed by atoms with Gasteiger partial charge in [-0.25, -0.2) is 14.2 Å². The van der Waals surface area contributed by atoms with E-state index in [-0.39, 0.29) is 30.8 Å². The van der Waals surface area contributed by atoms with Crippen molar-refractivity contribution in [1.29, 1.82) is 0 Å². The van der Waals surface area contributed by atoms with Gasteiger partial charge in [0.2, 0.25) is 11.8 Å². The Labute approximate surface area is 451 Å². The topological polar surface area (TPSA) is 246 Å². The van der Waals surface area contributed by atoms with Crippen LogP contribution < -0.4 is 21.3 Å². The van der Waals surface area contributed by atoms with E-state index in [1.165, 1.54) is 0 Å². The third kappa shape index (κ3) is 33.7. The Morgan fingerprint density at radius 1 is 0.533 bits per heavy atom. The number of nitrogens with one attached hydrogen (secondary N) is 4. The number of alkyl carbamates (subject to hydrolysis) is 1. The van der Waals surface area contributed by atoms with Gasteiger partial charge < -0.3 is 50.0 Å². The Morgan fingerprint density at radius 2 is 0.960 bits per heavy atom. The van der Waals surface area contributed by atoms with E-state index in [2.05, 4.69) is 75.0 Å². The van der Waals surface area contributed by atoms with E-state index in [0.29, 0.717) is 62.7 Å². The molecule has 0 radical (unpaired) electrons.